The van der Waals surface area contributed by atoms with Crippen LogP contribution in [0.3, 0.4) is 0 Å². The van der Waals surface area contributed by atoms with Crippen molar-refractivity contribution in [2.45, 2.75) is 10.7 Å². The van der Waals surface area contributed by atoms with Gasteiger partial charge in [0.25, 0.3) is 0 Å². The van der Waals surface area contributed by atoms with Gasteiger partial charge in [-0.2, -0.15) is 0 Å². The summed E-state index contributed by atoms with van der Waals surface area (Å²) in [6.07, 6.45) is 7.53. The lowest BCUT2D eigenvalue weighted by molar-refractivity contribution is 0.520. The SMILES string of the molecule is C#CC#CC#CC#CC#COc1cccc(-c2cc(CBr)ccc2CBr)c1. The molecule has 0 fully saturated rings. The first-order chi connectivity index (χ1) is 13.3. The van der Waals surface area contributed by atoms with E-state index in [0.29, 0.717) is 5.75 Å². The van der Waals surface area contributed by atoms with E-state index in [4.69, 9.17) is 11.2 Å². The van der Waals surface area contributed by atoms with E-state index < -0.39 is 0 Å². The normalized spacial score (nSPS) is 8.19. The molecule has 0 unspecified atom stereocenters. The van der Waals surface area contributed by atoms with Crippen LogP contribution in [-0.2, 0) is 10.7 Å². The number of rotatable bonds is 4. The van der Waals surface area contributed by atoms with Gasteiger partial charge in [-0.1, -0.05) is 62.2 Å². The van der Waals surface area contributed by atoms with E-state index in [1.54, 1.807) is 0 Å². The van der Waals surface area contributed by atoms with Gasteiger partial charge in [0.05, 0.1) is 0 Å². The van der Waals surface area contributed by atoms with Gasteiger partial charge in [-0.25, -0.2) is 0 Å². The van der Waals surface area contributed by atoms with E-state index in [1.807, 2.05) is 24.3 Å². The zero-order valence-electron chi connectivity index (χ0n) is 14.2. The molecule has 3 heteroatoms. The highest BCUT2D eigenvalue weighted by Crippen LogP contribution is 2.30. The van der Waals surface area contributed by atoms with Crippen LogP contribution in [0.25, 0.3) is 11.1 Å². The fourth-order valence-electron chi connectivity index (χ4n) is 2.12. The second kappa shape index (κ2) is 11.6. The molecule has 1 nitrogen and oxygen atoms in total. The third-order valence-corrected chi connectivity index (χ3v) is 4.54. The Bertz CT molecular complexity index is 1110. The van der Waals surface area contributed by atoms with Crippen LogP contribution in [0.15, 0.2) is 42.5 Å². The predicted molar refractivity (Wildman–Crippen MR) is 118 cm³/mol. The Morgan fingerprint density at radius 1 is 0.815 bits per heavy atom. The molecule has 0 heterocycles. The van der Waals surface area contributed by atoms with E-state index in [2.05, 4.69) is 104 Å². The van der Waals surface area contributed by atoms with Crippen LogP contribution in [0.4, 0.5) is 0 Å². The first-order valence-corrected chi connectivity index (χ1v) is 9.99. The summed E-state index contributed by atoms with van der Waals surface area (Å²) in [4.78, 5) is 0. The first kappa shape index (κ1) is 20.3. The summed E-state index contributed by atoms with van der Waals surface area (Å²) < 4.78 is 5.46. The third kappa shape index (κ3) is 6.67. The van der Waals surface area contributed by atoms with Crippen LogP contribution in [0.2, 0.25) is 0 Å². The second-order valence-corrected chi connectivity index (χ2v) is 6.13. The van der Waals surface area contributed by atoms with Gasteiger partial charge >= 0.3 is 0 Å². The molecule has 0 saturated carbocycles. The van der Waals surface area contributed by atoms with E-state index in [9.17, 15) is 0 Å². The average molecular weight is 476 g/mol. The van der Waals surface area contributed by atoms with Gasteiger partial charge in [0.2, 0.25) is 0 Å². The highest BCUT2D eigenvalue weighted by atomic mass is 79.9. The van der Waals surface area contributed by atoms with Crippen molar-refractivity contribution in [3.05, 3.63) is 53.6 Å². The van der Waals surface area contributed by atoms with Crippen LogP contribution in [-0.4, -0.2) is 0 Å². The number of hydrogen-bond donors (Lipinski definition) is 0. The molecule has 0 aliphatic heterocycles. The van der Waals surface area contributed by atoms with Crippen LogP contribution >= 0.6 is 31.9 Å². The van der Waals surface area contributed by atoms with Crippen LogP contribution < -0.4 is 4.74 Å². The van der Waals surface area contributed by atoms with E-state index >= 15 is 0 Å². The van der Waals surface area contributed by atoms with Gasteiger partial charge in [-0.3, -0.25) is 0 Å². The topological polar surface area (TPSA) is 9.23 Å². The third-order valence-electron chi connectivity index (χ3n) is 3.28. The number of hydrogen-bond acceptors (Lipinski definition) is 1. The van der Waals surface area contributed by atoms with Crippen LogP contribution in [0.1, 0.15) is 11.1 Å². The molecule has 0 saturated heterocycles. The van der Waals surface area contributed by atoms with E-state index in [0.717, 1.165) is 21.8 Å². The molecule has 0 N–H and O–H groups in total. The molecular formula is C24H12Br2O. The molecule has 2 aromatic carbocycles. The molecule has 0 aromatic heterocycles. The Kier molecular flexibility index (Phi) is 8.72. The van der Waals surface area contributed by atoms with Crippen molar-refractivity contribution >= 4 is 31.9 Å². The van der Waals surface area contributed by atoms with Crippen molar-refractivity contribution in [1.29, 1.82) is 0 Å². The Morgan fingerprint density at radius 3 is 2.26 bits per heavy atom. The maximum Gasteiger partial charge on any atom is 0.140 e. The summed E-state index contributed by atoms with van der Waals surface area (Å²) in [6.45, 7) is 0. The molecule has 2 rings (SSSR count). The maximum atomic E-state index is 5.46. The molecule has 0 atom stereocenters. The van der Waals surface area contributed by atoms with Crippen LogP contribution in [0.5, 0.6) is 5.75 Å². The molecule has 0 bridgehead atoms. The van der Waals surface area contributed by atoms with Crippen molar-refractivity contribution in [3.63, 3.8) is 0 Å². The van der Waals surface area contributed by atoms with Crippen molar-refractivity contribution in [3.8, 4) is 76.8 Å². The standard InChI is InChI=1S/C24H12Br2O/c1-2-3-4-5-6-7-8-9-15-27-23-12-10-11-21(17-23)24-16-20(18-25)13-14-22(24)19-26/h1,10-14,16-17H,18-19H2. The number of terminal acetylenes is 1. The number of ether oxygens (including phenoxy) is 1. The molecule has 128 valence electrons. The van der Waals surface area contributed by atoms with Crippen molar-refractivity contribution in [2.75, 3.05) is 0 Å². The van der Waals surface area contributed by atoms with E-state index in [-0.39, 0.29) is 0 Å². The lowest BCUT2D eigenvalue weighted by Gasteiger charge is -2.10. The summed E-state index contributed by atoms with van der Waals surface area (Å²) in [5.74, 6) is 20.4. The summed E-state index contributed by atoms with van der Waals surface area (Å²) in [7, 11) is 0. The Hall–Kier alpha value is -3.00. The Labute approximate surface area is 177 Å². The minimum Gasteiger partial charge on any atom is -0.407 e. The first-order valence-electron chi connectivity index (χ1n) is 7.75. The minimum absolute atomic E-state index is 0.650. The van der Waals surface area contributed by atoms with Gasteiger partial charge in [0, 0.05) is 34.3 Å². The van der Waals surface area contributed by atoms with Crippen LogP contribution in [0, 0.1) is 59.9 Å². The zero-order chi connectivity index (χ0) is 19.3. The van der Waals surface area contributed by atoms with Gasteiger partial charge in [-0.05, 0) is 58.1 Å². The fourth-order valence-corrected chi connectivity index (χ4v) is 2.96. The summed E-state index contributed by atoms with van der Waals surface area (Å²) in [6, 6.07) is 14.2. The van der Waals surface area contributed by atoms with Gasteiger partial charge in [-0.15, -0.1) is 6.42 Å². The molecule has 27 heavy (non-hydrogen) atoms. The number of benzene rings is 2. The number of alkyl halides is 2. The summed E-state index contributed by atoms with van der Waals surface area (Å²) in [5, 5.41) is 1.58. The van der Waals surface area contributed by atoms with Gasteiger partial charge < -0.3 is 4.74 Å². The quantitative estimate of drug-likeness (QED) is 0.440. The molecule has 0 spiro atoms. The van der Waals surface area contributed by atoms with Gasteiger partial charge in [0.1, 0.15) is 11.9 Å². The molecular weight excluding hydrogens is 464 g/mol. The second-order valence-electron chi connectivity index (χ2n) is 5.01. The fraction of sp³-hybridized carbons (Fsp3) is 0.0833. The molecule has 0 radical (unpaired) electrons. The maximum absolute atomic E-state index is 5.46. The lowest BCUT2D eigenvalue weighted by atomic mass is 9.98. The monoisotopic (exact) mass is 474 g/mol. The van der Waals surface area contributed by atoms with Crippen molar-refractivity contribution < 1.29 is 4.74 Å². The Morgan fingerprint density at radius 2 is 1.56 bits per heavy atom. The van der Waals surface area contributed by atoms with Crippen molar-refractivity contribution in [1.82, 2.24) is 0 Å². The molecule has 0 aliphatic rings. The molecule has 0 amide bonds. The van der Waals surface area contributed by atoms with Crippen molar-refractivity contribution in [2.24, 2.45) is 0 Å². The highest BCUT2D eigenvalue weighted by molar-refractivity contribution is 9.08. The van der Waals surface area contributed by atoms with E-state index in [1.165, 1.54) is 11.1 Å². The average Bonchev–Trinajstić information content (AvgIpc) is 2.72. The minimum atomic E-state index is 0.650. The highest BCUT2D eigenvalue weighted by Gasteiger charge is 2.07. The lowest BCUT2D eigenvalue weighted by Crippen LogP contribution is -1.90. The smallest absolute Gasteiger partial charge is 0.140 e. The molecule has 0 aliphatic carbocycles. The Balaban J connectivity index is 2.16. The number of halogens is 2. The zero-order valence-corrected chi connectivity index (χ0v) is 17.4. The summed E-state index contributed by atoms with van der Waals surface area (Å²) in [5.41, 5.74) is 4.64. The molecule has 2 aromatic rings. The predicted octanol–water partition coefficient (Wildman–Crippen LogP) is 5.13. The largest absolute Gasteiger partial charge is 0.407 e. The summed E-state index contributed by atoms with van der Waals surface area (Å²) >= 11 is 7.05. The van der Waals surface area contributed by atoms with Gasteiger partial charge in [0.15, 0.2) is 0 Å².